The van der Waals surface area contributed by atoms with Crippen LogP contribution < -0.4 is 10.2 Å². The van der Waals surface area contributed by atoms with Gasteiger partial charge in [0, 0.05) is 30.3 Å². The fraction of sp³-hybridized carbons (Fsp3) is 0.647. The van der Waals surface area contributed by atoms with Crippen LogP contribution in [0.3, 0.4) is 0 Å². The molecule has 1 rings (SSSR count). The number of halogens is 1. The monoisotopic (exact) mass is 356 g/mol. The van der Waals surface area contributed by atoms with E-state index in [0.717, 1.165) is 30.7 Å². The summed E-state index contributed by atoms with van der Waals surface area (Å²) < 4.78 is 6.76. The molecule has 0 fully saturated rings. The van der Waals surface area contributed by atoms with Gasteiger partial charge in [0.1, 0.15) is 0 Å². The van der Waals surface area contributed by atoms with Crippen LogP contribution in [-0.2, 0) is 11.3 Å². The lowest BCUT2D eigenvalue weighted by atomic mass is 10.1. The van der Waals surface area contributed by atoms with Gasteiger partial charge in [0.2, 0.25) is 0 Å². The number of rotatable bonds is 9. The Balaban J connectivity index is 2.52. The number of likely N-dealkylation sites (N-methyl/N-ethyl adjacent to an activating group) is 1. The molecule has 1 aromatic rings. The maximum absolute atomic E-state index is 5.60. The minimum atomic E-state index is 0.291. The third kappa shape index (κ3) is 7.30. The minimum Gasteiger partial charge on any atom is -0.377 e. The molecule has 3 nitrogen and oxygen atoms in total. The second kappa shape index (κ2) is 9.44. The molecule has 0 unspecified atom stereocenters. The van der Waals surface area contributed by atoms with Crippen molar-refractivity contribution in [1.29, 1.82) is 0 Å². The van der Waals surface area contributed by atoms with Crippen LogP contribution >= 0.6 is 15.9 Å². The molecule has 4 heteroatoms. The Morgan fingerprint density at radius 3 is 2.52 bits per heavy atom. The van der Waals surface area contributed by atoms with Gasteiger partial charge in [0.15, 0.2) is 0 Å². The van der Waals surface area contributed by atoms with Crippen molar-refractivity contribution in [3.8, 4) is 0 Å². The predicted molar refractivity (Wildman–Crippen MR) is 95.0 cm³/mol. The van der Waals surface area contributed by atoms with Crippen molar-refractivity contribution in [2.75, 3.05) is 31.6 Å². The number of ether oxygens (including phenoxy) is 1. The number of hydrogen-bond donors (Lipinski definition) is 1. The van der Waals surface area contributed by atoms with Crippen molar-refractivity contribution >= 4 is 21.6 Å². The van der Waals surface area contributed by atoms with Crippen molar-refractivity contribution in [1.82, 2.24) is 5.32 Å². The quantitative estimate of drug-likeness (QED) is 0.721. The molecule has 0 atom stereocenters. The lowest BCUT2D eigenvalue weighted by Crippen LogP contribution is -2.24. The van der Waals surface area contributed by atoms with Crippen LogP contribution in [-0.4, -0.2) is 32.8 Å². The summed E-state index contributed by atoms with van der Waals surface area (Å²) in [7, 11) is 2.10. The Bertz CT molecular complexity index is 421. The zero-order valence-electron chi connectivity index (χ0n) is 13.9. The molecule has 0 aliphatic heterocycles. The Hall–Kier alpha value is -0.580. The lowest BCUT2D eigenvalue weighted by molar-refractivity contribution is 0.0846. The van der Waals surface area contributed by atoms with Gasteiger partial charge in [-0.1, -0.05) is 35.8 Å². The number of anilines is 1. The first-order valence-electron chi connectivity index (χ1n) is 7.72. The number of benzene rings is 1. The predicted octanol–water partition coefficient (Wildman–Crippen LogP) is 4.06. The van der Waals surface area contributed by atoms with Crippen molar-refractivity contribution in [2.45, 2.75) is 40.3 Å². The third-order valence-corrected chi connectivity index (χ3v) is 3.96. The van der Waals surface area contributed by atoms with E-state index in [4.69, 9.17) is 4.74 Å². The summed E-state index contributed by atoms with van der Waals surface area (Å²) in [6.07, 6.45) is 0.291. The minimum absolute atomic E-state index is 0.291. The standard InChI is InChI=1S/C17H29BrN2O/c1-13(2)11-19-12-15-6-7-16(10-17(15)18)20(5)8-9-21-14(3)4/h6-7,10,13-14,19H,8-9,11-12H2,1-5H3. The van der Waals surface area contributed by atoms with E-state index in [2.05, 4.69) is 79.1 Å². The van der Waals surface area contributed by atoms with E-state index >= 15 is 0 Å². The molecule has 0 radical (unpaired) electrons. The van der Waals surface area contributed by atoms with E-state index in [1.54, 1.807) is 0 Å². The van der Waals surface area contributed by atoms with E-state index in [1.807, 2.05) is 0 Å². The molecule has 0 heterocycles. The summed E-state index contributed by atoms with van der Waals surface area (Å²) >= 11 is 3.68. The van der Waals surface area contributed by atoms with Gasteiger partial charge in [-0.25, -0.2) is 0 Å². The average Bonchev–Trinajstić information content (AvgIpc) is 2.39. The Morgan fingerprint density at radius 2 is 1.95 bits per heavy atom. The van der Waals surface area contributed by atoms with Crippen LogP contribution in [0.4, 0.5) is 5.69 Å². The van der Waals surface area contributed by atoms with Gasteiger partial charge in [-0.3, -0.25) is 0 Å². The average molecular weight is 357 g/mol. The second-order valence-electron chi connectivity index (χ2n) is 6.14. The SMILES string of the molecule is CC(C)CNCc1ccc(N(C)CCOC(C)C)cc1Br. The number of hydrogen-bond acceptors (Lipinski definition) is 3. The van der Waals surface area contributed by atoms with E-state index in [1.165, 1.54) is 11.3 Å². The molecule has 0 amide bonds. The first kappa shape index (κ1) is 18.5. The van der Waals surface area contributed by atoms with E-state index in [9.17, 15) is 0 Å². The Labute approximate surface area is 138 Å². The zero-order valence-corrected chi connectivity index (χ0v) is 15.5. The molecule has 0 aliphatic rings. The van der Waals surface area contributed by atoms with Crippen LogP contribution in [0.1, 0.15) is 33.3 Å². The van der Waals surface area contributed by atoms with Gasteiger partial charge in [-0.15, -0.1) is 0 Å². The van der Waals surface area contributed by atoms with Gasteiger partial charge in [-0.05, 0) is 44.0 Å². The summed E-state index contributed by atoms with van der Waals surface area (Å²) in [5, 5.41) is 3.47. The first-order chi connectivity index (χ1) is 9.90. The molecule has 0 spiro atoms. The summed E-state index contributed by atoms with van der Waals surface area (Å²) in [5.41, 5.74) is 2.51. The smallest absolute Gasteiger partial charge is 0.0644 e. The summed E-state index contributed by atoms with van der Waals surface area (Å²) in [5.74, 6) is 0.676. The van der Waals surface area contributed by atoms with E-state index < -0.39 is 0 Å². The summed E-state index contributed by atoms with van der Waals surface area (Å²) in [6.45, 7) is 12.2. The molecule has 0 saturated heterocycles. The van der Waals surface area contributed by atoms with Gasteiger partial charge < -0.3 is 15.0 Å². The van der Waals surface area contributed by atoms with Crippen LogP contribution in [0.2, 0.25) is 0 Å². The van der Waals surface area contributed by atoms with Crippen LogP contribution in [0.25, 0.3) is 0 Å². The van der Waals surface area contributed by atoms with Gasteiger partial charge >= 0.3 is 0 Å². The van der Waals surface area contributed by atoms with Gasteiger partial charge in [-0.2, -0.15) is 0 Å². The molecule has 0 aromatic heterocycles. The van der Waals surface area contributed by atoms with E-state index in [-0.39, 0.29) is 0 Å². The number of nitrogens with one attached hydrogen (secondary N) is 1. The Kier molecular flexibility index (Phi) is 8.30. The van der Waals surface area contributed by atoms with Gasteiger partial charge in [0.25, 0.3) is 0 Å². The second-order valence-corrected chi connectivity index (χ2v) is 7.00. The number of nitrogens with zero attached hydrogens (tertiary/aromatic N) is 1. The summed E-state index contributed by atoms with van der Waals surface area (Å²) in [4.78, 5) is 2.22. The van der Waals surface area contributed by atoms with Gasteiger partial charge in [0.05, 0.1) is 12.7 Å². The first-order valence-corrected chi connectivity index (χ1v) is 8.51. The van der Waals surface area contributed by atoms with Crippen molar-refractivity contribution < 1.29 is 4.74 Å². The molecular formula is C17H29BrN2O. The molecule has 1 aromatic carbocycles. The van der Waals surface area contributed by atoms with Crippen LogP contribution in [0.15, 0.2) is 22.7 Å². The maximum atomic E-state index is 5.60. The highest BCUT2D eigenvalue weighted by Crippen LogP contribution is 2.23. The lowest BCUT2D eigenvalue weighted by Gasteiger charge is -2.21. The molecule has 0 saturated carbocycles. The largest absolute Gasteiger partial charge is 0.377 e. The van der Waals surface area contributed by atoms with Crippen molar-refractivity contribution in [3.63, 3.8) is 0 Å². The van der Waals surface area contributed by atoms with E-state index in [0.29, 0.717) is 12.0 Å². The van der Waals surface area contributed by atoms with Crippen LogP contribution in [0, 0.1) is 5.92 Å². The van der Waals surface area contributed by atoms with Crippen molar-refractivity contribution in [3.05, 3.63) is 28.2 Å². The molecule has 0 bridgehead atoms. The molecular weight excluding hydrogens is 328 g/mol. The highest BCUT2D eigenvalue weighted by Gasteiger charge is 2.06. The fourth-order valence-corrected chi connectivity index (χ4v) is 2.47. The highest BCUT2D eigenvalue weighted by atomic mass is 79.9. The molecule has 1 N–H and O–H groups in total. The highest BCUT2D eigenvalue weighted by molar-refractivity contribution is 9.10. The fourth-order valence-electron chi connectivity index (χ4n) is 1.97. The third-order valence-electron chi connectivity index (χ3n) is 3.22. The molecule has 120 valence electrons. The van der Waals surface area contributed by atoms with Crippen LogP contribution in [0.5, 0.6) is 0 Å². The normalized spacial score (nSPS) is 11.4. The zero-order chi connectivity index (χ0) is 15.8. The van der Waals surface area contributed by atoms with Crippen molar-refractivity contribution in [2.24, 2.45) is 5.92 Å². The Morgan fingerprint density at radius 1 is 1.24 bits per heavy atom. The topological polar surface area (TPSA) is 24.5 Å². The maximum Gasteiger partial charge on any atom is 0.0644 e. The summed E-state index contributed by atoms with van der Waals surface area (Å²) in [6, 6.07) is 6.54. The molecule has 0 aliphatic carbocycles. The molecule has 21 heavy (non-hydrogen) atoms.